The van der Waals surface area contributed by atoms with E-state index in [-0.39, 0.29) is 22.8 Å². The predicted octanol–water partition coefficient (Wildman–Crippen LogP) is 3.92. The second-order valence-corrected chi connectivity index (χ2v) is 9.56. The fraction of sp³-hybridized carbons (Fsp3) is 0.667. The standard InChI is InChI=1S/C21H34N2O3S/c1-4-17(3)20(21(24)22-18-10-8-6-5-7-9-11-18)23-27(25,26)19-14-12-16(2)13-15-19/h12-15,17-18,20,23H,4-11H2,1-3H3,(H,22,24)/t17-,20-/m0/s1. The molecule has 1 aliphatic rings. The molecule has 1 amide bonds. The Morgan fingerprint density at radius 2 is 1.63 bits per heavy atom. The minimum atomic E-state index is -3.74. The van der Waals surface area contributed by atoms with Crippen LogP contribution in [0, 0.1) is 12.8 Å². The van der Waals surface area contributed by atoms with E-state index in [1.54, 1.807) is 24.3 Å². The molecule has 0 spiro atoms. The summed E-state index contributed by atoms with van der Waals surface area (Å²) in [5.41, 5.74) is 0.995. The van der Waals surface area contributed by atoms with Gasteiger partial charge in [-0.05, 0) is 37.8 Å². The van der Waals surface area contributed by atoms with Crippen molar-refractivity contribution in [2.24, 2.45) is 5.92 Å². The van der Waals surface area contributed by atoms with Crippen LogP contribution in [0.3, 0.4) is 0 Å². The molecule has 2 atom stereocenters. The van der Waals surface area contributed by atoms with E-state index >= 15 is 0 Å². The van der Waals surface area contributed by atoms with Crippen molar-refractivity contribution in [3.63, 3.8) is 0 Å². The molecule has 152 valence electrons. The van der Waals surface area contributed by atoms with Gasteiger partial charge in [-0.25, -0.2) is 8.42 Å². The van der Waals surface area contributed by atoms with Crippen LogP contribution in [0.5, 0.6) is 0 Å². The second kappa shape index (κ2) is 10.2. The summed E-state index contributed by atoms with van der Waals surface area (Å²) in [5.74, 6) is -0.288. The Balaban J connectivity index is 2.11. The van der Waals surface area contributed by atoms with E-state index in [0.717, 1.165) is 37.7 Å². The number of aryl methyl sites for hydroxylation is 1. The van der Waals surface area contributed by atoms with Gasteiger partial charge in [0.2, 0.25) is 15.9 Å². The normalized spacial score (nSPS) is 18.9. The van der Waals surface area contributed by atoms with Crippen LogP contribution in [0.2, 0.25) is 0 Å². The maximum absolute atomic E-state index is 12.9. The molecule has 5 nitrogen and oxygen atoms in total. The average molecular weight is 395 g/mol. The van der Waals surface area contributed by atoms with Gasteiger partial charge in [0, 0.05) is 6.04 Å². The van der Waals surface area contributed by atoms with Crippen LogP contribution >= 0.6 is 0 Å². The van der Waals surface area contributed by atoms with Crippen LogP contribution in [-0.2, 0) is 14.8 Å². The molecule has 0 aromatic heterocycles. The molecule has 0 aliphatic heterocycles. The van der Waals surface area contributed by atoms with Crippen LogP contribution in [0.1, 0.15) is 70.8 Å². The Kier molecular flexibility index (Phi) is 8.29. The average Bonchev–Trinajstić information content (AvgIpc) is 2.61. The van der Waals surface area contributed by atoms with E-state index in [1.807, 2.05) is 20.8 Å². The van der Waals surface area contributed by atoms with Crippen LogP contribution in [-0.4, -0.2) is 26.4 Å². The molecule has 1 aromatic rings. The highest BCUT2D eigenvalue weighted by Gasteiger charge is 2.30. The first-order chi connectivity index (χ1) is 12.8. The van der Waals surface area contributed by atoms with Gasteiger partial charge in [0.15, 0.2) is 0 Å². The molecule has 0 heterocycles. The SMILES string of the molecule is CC[C@H](C)[C@H](NS(=O)(=O)c1ccc(C)cc1)C(=O)NC1CCCCCCC1. The zero-order valence-electron chi connectivity index (χ0n) is 16.8. The van der Waals surface area contributed by atoms with E-state index in [1.165, 1.54) is 19.3 Å². The van der Waals surface area contributed by atoms with Crippen molar-refractivity contribution in [3.8, 4) is 0 Å². The quantitative estimate of drug-likeness (QED) is 0.736. The first-order valence-electron chi connectivity index (χ1n) is 10.2. The zero-order valence-corrected chi connectivity index (χ0v) is 17.6. The molecule has 0 radical (unpaired) electrons. The second-order valence-electron chi connectivity index (χ2n) is 7.85. The van der Waals surface area contributed by atoms with Crippen LogP contribution in [0.15, 0.2) is 29.2 Å². The van der Waals surface area contributed by atoms with Gasteiger partial charge in [-0.3, -0.25) is 4.79 Å². The summed E-state index contributed by atoms with van der Waals surface area (Å²) in [6.07, 6.45) is 8.60. The van der Waals surface area contributed by atoms with Crippen molar-refractivity contribution in [3.05, 3.63) is 29.8 Å². The predicted molar refractivity (Wildman–Crippen MR) is 109 cm³/mol. The number of carbonyl (C=O) groups is 1. The lowest BCUT2D eigenvalue weighted by atomic mass is 9.95. The molecule has 0 saturated heterocycles. The monoisotopic (exact) mass is 394 g/mol. The molecule has 1 saturated carbocycles. The van der Waals surface area contributed by atoms with Crippen molar-refractivity contribution >= 4 is 15.9 Å². The number of hydrogen-bond donors (Lipinski definition) is 2. The van der Waals surface area contributed by atoms with Gasteiger partial charge < -0.3 is 5.32 Å². The smallest absolute Gasteiger partial charge is 0.241 e. The van der Waals surface area contributed by atoms with Crippen molar-refractivity contribution in [2.45, 2.75) is 89.1 Å². The van der Waals surface area contributed by atoms with Crippen molar-refractivity contribution in [1.82, 2.24) is 10.0 Å². The van der Waals surface area contributed by atoms with Gasteiger partial charge in [0.05, 0.1) is 4.90 Å². The maximum Gasteiger partial charge on any atom is 0.241 e. The van der Waals surface area contributed by atoms with Crippen molar-refractivity contribution in [2.75, 3.05) is 0 Å². The lowest BCUT2D eigenvalue weighted by molar-refractivity contribution is -0.124. The Bertz CT molecular complexity index is 693. The Morgan fingerprint density at radius 1 is 1.07 bits per heavy atom. The van der Waals surface area contributed by atoms with E-state index in [9.17, 15) is 13.2 Å². The molecule has 0 bridgehead atoms. The summed E-state index contributed by atoms with van der Waals surface area (Å²) in [6.45, 7) is 5.80. The number of hydrogen-bond acceptors (Lipinski definition) is 3. The number of carbonyl (C=O) groups excluding carboxylic acids is 1. The largest absolute Gasteiger partial charge is 0.352 e. The fourth-order valence-electron chi connectivity index (χ4n) is 3.51. The van der Waals surface area contributed by atoms with Crippen molar-refractivity contribution < 1.29 is 13.2 Å². The van der Waals surface area contributed by atoms with Crippen molar-refractivity contribution in [1.29, 1.82) is 0 Å². The maximum atomic E-state index is 12.9. The number of amides is 1. The van der Waals surface area contributed by atoms with Crippen LogP contribution in [0.25, 0.3) is 0 Å². The zero-order chi connectivity index (χ0) is 19.9. The summed E-state index contributed by atoms with van der Waals surface area (Å²) in [6, 6.07) is 6.08. The Morgan fingerprint density at radius 3 is 2.19 bits per heavy atom. The number of rotatable bonds is 7. The summed E-state index contributed by atoms with van der Waals surface area (Å²) < 4.78 is 28.2. The molecule has 2 rings (SSSR count). The van der Waals surface area contributed by atoms with Gasteiger partial charge in [-0.1, -0.05) is 70.1 Å². The summed E-state index contributed by atoms with van der Waals surface area (Å²) in [7, 11) is -3.74. The highest BCUT2D eigenvalue weighted by Crippen LogP contribution is 2.19. The minimum Gasteiger partial charge on any atom is -0.352 e. The molecule has 1 aliphatic carbocycles. The lowest BCUT2D eigenvalue weighted by Gasteiger charge is -2.27. The molecule has 1 fully saturated rings. The molecule has 27 heavy (non-hydrogen) atoms. The van der Waals surface area contributed by atoms with Gasteiger partial charge >= 0.3 is 0 Å². The fourth-order valence-corrected chi connectivity index (χ4v) is 4.81. The van der Waals surface area contributed by atoms with Gasteiger partial charge in [0.25, 0.3) is 0 Å². The Labute approximate surface area is 164 Å². The van der Waals surface area contributed by atoms with Gasteiger partial charge in [-0.15, -0.1) is 0 Å². The first kappa shape index (κ1) is 21.9. The summed E-state index contributed by atoms with van der Waals surface area (Å²) in [4.78, 5) is 13.1. The topological polar surface area (TPSA) is 75.3 Å². The van der Waals surface area contributed by atoms with E-state index in [4.69, 9.17) is 0 Å². The number of sulfonamides is 1. The highest BCUT2D eigenvalue weighted by atomic mass is 32.2. The van der Waals surface area contributed by atoms with Crippen LogP contribution < -0.4 is 10.0 Å². The van der Waals surface area contributed by atoms with Gasteiger partial charge in [0.1, 0.15) is 6.04 Å². The molecule has 2 N–H and O–H groups in total. The molecule has 6 heteroatoms. The molecule has 0 unspecified atom stereocenters. The third-order valence-electron chi connectivity index (χ3n) is 5.56. The summed E-state index contributed by atoms with van der Waals surface area (Å²) in [5, 5.41) is 3.12. The first-order valence-corrected chi connectivity index (χ1v) is 11.7. The third-order valence-corrected chi connectivity index (χ3v) is 7.02. The van der Waals surface area contributed by atoms with Gasteiger partial charge in [-0.2, -0.15) is 4.72 Å². The molecular weight excluding hydrogens is 360 g/mol. The minimum absolute atomic E-state index is 0.0845. The number of benzene rings is 1. The molecule has 1 aromatic carbocycles. The summed E-state index contributed by atoms with van der Waals surface area (Å²) >= 11 is 0. The highest BCUT2D eigenvalue weighted by molar-refractivity contribution is 7.89. The van der Waals surface area contributed by atoms with E-state index < -0.39 is 16.1 Å². The van der Waals surface area contributed by atoms with E-state index in [2.05, 4.69) is 10.0 Å². The third kappa shape index (κ3) is 6.61. The van der Waals surface area contributed by atoms with E-state index in [0.29, 0.717) is 0 Å². The lowest BCUT2D eigenvalue weighted by Crippen LogP contribution is -2.52. The van der Waals surface area contributed by atoms with Crippen LogP contribution in [0.4, 0.5) is 0 Å². The molecular formula is C21H34N2O3S. The number of nitrogens with one attached hydrogen (secondary N) is 2. The Hall–Kier alpha value is -1.40.